The molecule has 0 aliphatic carbocycles. The molecule has 0 spiro atoms. The van der Waals surface area contributed by atoms with Gasteiger partial charge in [-0.05, 0) is 24.1 Å². The molecule has 92 valence electrons. The maximum Gasteiger partial charge on any atom is 0.0465 e. The van der Waals surface area contributed by atoms with Crippen LogP contribution in [0.4, 0.5) is 0 Å². The Kier molecular flexibility index (Phi) is 9.66. The zero-order valence-electron chi connectivity index (χ0n) is 10.9. The molecular weight excluding hydrogens is 206 g/mol. The third-order valence-electron chi connectivity index (χ3n) is 2.54. The quantitative estimate of drug-likeness (QED) is 0.662. The van der Waals surface area contributed by atoms with Crippen molar-refractivity contribution in [3.63, 3.8) is 0 Å². The minimum absolute atomic E-state index is 0.623. The van der Waals surface area contributed by atoms with Crippen LogP contribution in [0.1, 0.15) is 34.1 Å². The predicted octanol–water partition coefficient (Wildman–Crippen LogP) is 2.78. The first-order chi connectivity index (χ1) is 7.11. The van der Waals surface area contributed by atoms with Crippen LogP contribution in [-0.2, 0) is 4.74 Å². The van der Waals surface area contributed by atoms with Gasteiger partial charge in [-0.1, -0.05) is 27.7 Å². The van der Waals surface area contributed by atoms with Crippen LogP contribution in [0.15, 0.2) is 0 Å². The SMILES string of the molecule is CCNC(CSC(C)C)C(C)CCOC. The van der Waals surface area contributed by atoms with Gasteiger partial charge in [0.2, 0.25) is 0 Å². The van der Waals surface area contributed by atoms with E-state index in [9.17, 15) is 0 Å². The zero-order chi connectivity index (χ0) is 11.7. The first kappa shape index (κ1) is 15.3. The molecule has 0 aliphatic rings. The number of hydrogen-bond donors (Lipinski definition) is 1. The number of rotatable bonds is 9. The molecule has 0 rings (SSSR count). The van der Waals surface area contributed by atoms with Gasteiger partial charge < -0.3 is 10.1 Å². The van der Waals surface area contributed by atoms with E-state index in [0.29, 0.717) is 12.0 Å². The second-order valence-electron chi connectivity index (χ2n) is 4.31. The van der Waals surface area contributed by atoms with Crippen molar-refractivity contribution >= 4 is 11.8 Å². The Morgan fingerprint density at radius 3 is 2.40 bits per heavy atom. The monoisotopic (exact) mass is 233 g/mol. The van der Waals surface area contributed by atoms with Crippen molar-refractivity contribution in [2.45, 2.75) is 45.4 Å². The topological polar surface area (TPSA) is 21.3 Å². The summed E-state index contributed by atoms with van der Waals surface area (Å²) in [5.74, 6) is 1.90. The van der Waals surface area contributed by atoms with Crippen molar-refractivity contribution in [3.8, 4) is 0 Å². The van der Waals surface area contributed by atoms with Crippen molar-refractivity contribution < 1.29 is 4.74 Å². The first-order valence-corrected chi connectivity index (χ1v) is 7.00. The standard InChI is InChI=1S/C12H27NOS/c1-6-13-12(9-15-10(2)3)11(4)7-8-14-5/h10-13H,6-9H2,1-5H3. The molecule has 2 nitrogen and oxygen atoms in total. The van der Waals surface area contributed by atoms with Crippen molar-refractivity contribution in [1.29, 1.82) is 0 Å². The Balaban J connectivity index is 3.88. The number of hydrogen-bond acceptors (Lipinski definition) is 3. The van der Waals surface area contributed by atoms with E-state index >= 15 is 0 Å². The van der Waals surface area contributed by atoms with E-state index < -0.39 is 0 Å². The van der Waals surface area contributed by atoms with E-state index in [-0.39, 0.29) is 0 Å². The summed E-state index contributed by atoms with van der Waals surface area (Å²) in [6, 6.07) is 0.623. The molecule has 0 aromatic heterocycles. The molecule has 2 atom stereocenters. The number of nitrogens with one attached hydrogen (secondary N) is 1. The summed E-state index contributed by atoms with van der Waals surface area (Å²) >= 11 is 2.04. The highest BCUT2D eigenvalue weighted by atomic mass is 32.2. The van der Waals surface area contributed by atoms with Crippen LogP contribution in [0, 0.1) is 5.92 Å². The predicted molar refractivity (Wildman–Crippen MR) is 70.7 cm³/mol. The van der Waals surface area contributed by atoms with Crippen LogP contribution < -0.4 is 5.32 Å². The molecule has 15 heavy (non-hydrogen) atoms. The normalized spacial score (nSPS) is 15.6. The maximum atomic E-state index is 5.13. The van der Waals surface area contributed by atoms with Gasteiger partial charge >= 0.3 is 0 Å². The molecule has 0 radical (unpaired) electrons. The molecular formula is C12H27NOS. The minimum Gasteiger partial charge on any atom is -0.385 e. The molecule has 0 aromatic carbocycles. The first-order valence-electron chi connectivity index (χ1n) is 5.95. The van der Waals surface area contributed by atoms with Gasteiger partial charge in [0.15, 0.2) is 0 Å². The smallest absolute Gasteiger partial charge is 0.0465 e. The van der Waals surface area contributed by atoms with E-state index in [1.54, 1.807) is 7.11 Å². The highest BCUT2D eigenvalue weighted by Gasteiger charge is 2.16. The number of thioether (sulfide) groups is 1. The summed E-state index contributed by atoms with van der Waals surface area (Å²) < 4.78 is 5.13. The minimum atomic E-state index is 0.623. The van der Waals surface area contributed by atoms with E-state index in [2.05, 4.69) is 33.0 Å². The number of methoxy groups -OCH3 is 1. The molecule has 0 aliphatic heterocycles. The van der Waals surface area contributed by atoms with Gasteiger partial charge in [-0.2, -0.15) is 11.8 Å². The maximum absolute atomic E-state index is 5.13. The van der Waals surface area contributed by atoms with Crippen LogP contribution in [-0.4, -0.2) is 37.3 Å². The van der Waals surface area contributed by atoms with Gasteiger partial charge in [-0.25, -0.2) is 0 Å². The zero-order valence-corrected chi connectivity index (χ0v) is 11.7. The average molecular weight is 233 g/mol. The van der Waals surface area contributed by atoms with E-state index in [0.717, 1.165) is 24.8 Å². The molecule has 0 saturated carbocycles. The van der Waals surface area contributed by atoms with Crippen LogP contribution in [0.5, 0.6) is 0 Å². The molecule has 0 amide bonds. The van der Waals surface area contributed by atoms with Crippen molar-refractivity contribution in [2.24, 2.45) is 5.92 Å². The lowest BCUT2D eigenvalue weighted by Crippen LogP contribution is -2.37. The van der Waals surface area contributed by atoms with Crippen LogP contribution in [0.25, 0.3) is 0 Å². The lowest BCUT2D eigenvalue weighted by Gasteiger charge is -2.25. The summed E-state index contributed by atoms with van der Waals surface area (Å²) in [5, 5.41) is 4.29. The Morgan fingerprint density at radius 2 is 1.93 bits per heavy atom. The fourth-order valence-electron chi connectivity index (χ4n) is 1.49. The highest BCUT2D eigenvalue weighted by molar-refractivity contribution is 7.99. The number of ether oxygens (including phenoxy) is 1. The van der Waals surface area contributed by atoms with Crippen molar-refractivity contribution in [1.82, 2.24) is 5.32 Å². The Bertz CT molecular complexity index is 142. The fraction of sp³-hybridized carbons (Fsp3) is 1.00. The van der Waals surface area contributed by atoms with Crippen LogP contribution in [0.2, 0.25) is 0 Å². The lowest BCUT2D eigenvalue weighted by molar-refractivity contribution is 0.172. The molecule has 0 fully saturated rings. The van der Waals surface area contributed by atoms with Gasteiger partial charge in [-0.15, -0.1) is 0 Å². The van der Waals surface area contributed by atoms with Crippen LogP contribution in [0.3, 0.4) is 0 Å². The summed E-state index contributed by atoms with van der Waals surface area (Å²) in [6.45, 7) is 10.9. The molecule has 0 bridgehead atoms. The van der Waals surface area contributed by atoms with E-state index in [1.165, 1.54) is 5.75 Å². The van der Waals surface area contributed by atoms with Gasteiger partial charge in [0.25, 0.3) is 0 Å². The van der Waals surface area contributed by atoms with Crippen LogP contribution >= 0.6 is 11.8 Å². The van der Waals surface area contributed by atoms with Crippen molar-refractivity contribution in [2.75, 3.05) is 26.0 Å². The average Bonchev–Trinajstić information content (AvgIpc) is 2.20. The molecule has 1 N–H and O–H groups in total. The Labute approximate surface area is 99.5 Å². The van der Waals surface area contributed by atoms with Crippen molar-refractivity contribution in [3.05, 3.63) is 0 Å². The van der Waals surface area contributed by atoms with Gasteiger partial charge in [0.05, 0.1) is 0 Å². The second kappa shape index (κ2) is 9.49. The summed E-state index contributed by atoms with van der Waals surface area (Å²) in [5.41, 5.74) is 0. The molecule has 3 heteroatoms. The molecule has 2 unspecified atom stereocenters. The lowest BCUT2D eigenvalue weighted by atomic mass is 10.0. The van der Waals surface area contributed by atoms with E-state index in [4.69, 9.17) is 4.74 Å². The third-order valence-corrected chi connectivity index (χ3v) is 3.76. The van der Waals surface area contributed by atoms with Gasteiger partial charge in [0.1, 0.15) is 0 Å². The summed E-state index contributed by atoms with van der Waals surface area (Å²) in [7, 11) is 1.78. The molecule has 0 heterocycles. The fourth-order valence-corrected chi connectivity index (χ4v) is 2.53. The second-order valence-corrected chi connectivity index (χ2v) is 5.91. The molecule has 0 aromatic rings. The molecule has 0 saturated heterocycles. The van der Waals surface area contributed by atoms with Gasteiger partial charge in [-0.3, -0.25) is 0 Å². The van der Waals surface area contributed by atoms with Gasteiger partial charge in [0, 0.05) is 25.5 Å². The Hall–Kier alpha value is 0.270. The Morgan fingerprint density at radius 1 is 1.27 bits per heavy atom. The summed E-state index contributed by atoms with van der Waals surface area (Å²) in [4.78, 5) is 0. The highest BCUT2D eigenvalue weighted by Crippen LogP contribution is 2.17. The van der Waals surface area contributed by atoms with E-state index in [1.807, 2.05) is 11.8 Å². The third kappa shape index (κ3) is 8.12. The largest absolute Gasteiger partial charge is 0.385 e. The summed E-state index contributed by atoms with van der Waals surface area (Å²) in [6.07, 6.45) is 1.15.